The molecule has 0 radical (unpaired) electrons. The largest absolute Gasteiger partial charge is 0.495 e. The molecule has 0 saturated carbocycles. The van der Waals surface area contributed by atoms with Crippen molar-refractivity contribution >= 4 is 56.3 Å². The van der Waals surface area contributed by atoms with E-state index in [0.29, 0.717) is 5.13 Å². The molecule has 0 bridgehead atoms. The SMILES string of the molecule is COc1ccccc1N1CCN(c2nnc(SCC(=O)Nc3nc(C)cs3)s2)CC1. The summed E-state index contributed by atoms with van der Waals surface area (Å²) in [5.74, 6) is 1.10. The molecule has 1 aliphatic heterocycles. The highest BCUT2D eigenvalue weighted by Gasteiger charge is 2.22. The van der Waals surface area contributed by atoms with Gasteiger partial charge >= 0.3 is 0 Å². The number of hydrogen-bond donors (Lipinski definition) is 1. The summed E-state index contributed by atoms with van der Waals surface area (Å²) in [7, 11) is 1.70. The van der Waals surface area contributed by atoms with Crippen LogP contribution in [-0.2, 0) is 4.79 Å². The van der Waals surface area contributed by atoms with Gasteiger partial charge in [0.25, 0.3) is 0 Å². The zero-order valence-corrected chi connectivity index (χ0v) is 19.1. The summed E-state index contributed by atoms with van der Waals surface area (Å²) in [5, 5.41) is 14.8. The summed E-state index contributed by atoms with van der Waals surface area (Å²) in [6.45, 7) is 5.40. The first-order chi connectivity index (χ1) is 14.6. The van der Waals surface area contributed by atoms with Crippen LogP contribution in [0.2, 0.25) is 0 Å². The van der Waals surface area contributed by atoms with Gasteiger partial charge in [0.05, 0.1) is 24.2 Å². The average molecular weight is 463 g/mol. The van der Waals surface area contributed by atoms with Crippen LogP contribution in [0.25, 0.3) is 0 Å². The topological polar surface area (TPSA) is 83.5 Å². The zero-order valence-electron chi connectivity index (χ0n) is 16.7. The van der Waals surface area contributed by atoms with Crippen LogP contribution >= 0.6 is 34.4 Å². The Morgan fingerprint density at radius 2 is 1.97 bits per heavy atom. The molecule has 1 saturated heterocycles. The number of amides is 1. The fourth-order valence-corrected chi connectivity index (χ4v) is 5.51. The zero-order chi connectivity index (χ0) is 20.9. The first-order valence-corrected chi connectivity index (χ1v) is 12.1. The second-order valence-corrected chi connectivity index (χ2v) is 9.66. The molecule has 1 amide bonds. The number of carbonyl (C=O) groups excluding carboxylic acids is 1. The summed E-state index contributed by atoms with van der Waals surface area (Å²) in [6.07, 6.45) is 0. The number of aryl methyl sites for hydroxylation is 1. The Morgan fingerprint density at radius 3 is 2.70 bits per heavy atom. The van der Waals surface area contributed by atoms with E-state index in [2.05, 4.69) is 36.4 Å². The lowest BCUT2D eigenvalue weighted by Gasteiger charge is -2.36. The van der Waals surface area contributed by atoms with Gasteiger partial charge in [-0.25, -0.2) is 4.98 Å². The molecule has 3 heterocycles. The number of carbonyl (C=O) groups is 1. The summed E-state index contributed by atoms with van der Waals surface area (Å²) < 4.78 is 6.28. The Labute approximate surface area is 187 Å². The van der Waals surface area contributed by atoms with E-state index in [9.17, 15) is 4.79 Å². The molecule has 8 nitrogen and oxygen atoms in total. The average Bonchev–Trinajstić information content (AvgIpc) is 3.41. The van der Waals surface area contributed by atoms with Gasteiger partial charge in [0.15, 0.2) is 9.47 Å². The Balaban J connectivity index is 1.28. The Bertz CT molecular complexity index is 1000. The molecule has 2 aromatic heterocycles. The molecule has 0 unspecified atom stereocenters. The molecule has 0 spiro atoms. The number of nitrogens with zero attached hydrogens (tertiary/aromatic N) is 5. The molecule has 1 aliphatic rings. The summed E-state index contributed by atoms with van der Waals surface area (Å²) in [4.78, 5) is 20.9. The third-order valence-corrected chi connectivity index (χ3v) is 7.56. The van der Waals surface area contributed by atoms with Crippen molar-refractivity contribution in [1.29, 1.82) is 0 Å². The van der Waals surface area contributed by atoms with E-state index < -0.39 is 0 Å². The third kappa shape index (κ3) is 5.02. The van der Waals surface area contributed by atoms with Gasteiger partial charge in [0.2, 0.25) is 11.0 Å². The predicted octanol–water partition coefficient (Wildman–Crippen LogP) is 3.37. The van der Waals surface area contributed by atoms with Gasteiger partial charge in [-0.05, 0) is 19.1 Å². The lowest BCUT2D eigenvalue weighted by atomic mass is 10.2. The number of piperazine rings is 1. The smallest absolute Gasteiger partial charge is 0.236 e. The monoisotopic (exact) mass is 462 g/mol. The molecule has 0 aliphatic carbocycles. The maximum atomic E-state index is 12.1. The fourth-order valence-electron chi connectivity index (χ4n) is 3.11. The molecule has 11 heteroatoms. The number of hydrogen-bond acceptors (Lipinski definition) is 10. The van der Waals surface area contributed by atoms with Crippen molar-refractivity contribution in [3.63, 3.8) is 0 Å². The minimum absolute atomic E-state index is 0.0866. The number of methoxy groups -OCH3 is 1. The number of ether oxygens (including phenoxy) is 1. The maximum absolute atomic E-state index is 12.1. The first kappa shape index (κ1) is 20.9. The molecule has 1 fully saturated rings. The van der Waals surface area contributed by atoms with Crippen molar-refractivity contribution < 1.29 is 9.53 Å². The van der Waals surface area contributed by atoms with Gasteiger partial charge in [-0.2, -0.15) is 0 Å². The van der Waals surface area contributed by atoms with Crippen molar-refractivity contribution in [2.24, 2.45) is 0 Å². The van der Waals surface area contributed by atoms with Crippen molar-refractivity contribution in [3.8, 4) is 5.75 Å². The molecule has 1 aromatic carbocycles. The summed E-state index contributed by atoms with van der Waals surface area (Å²) in [6, 6.07) is 8.09. The number of rotatable bonds is 7. The number of anilines is 3. The summed E-state index contributed by atoms with van der Waals surface area (Å²) >= 11 is 4.35. The fraction of sp³-hybridized carbons (Fsp3) is 0.368. The van der Waals surface area contributed by atoms with Crippen LogP contribution in [-0.4, -0.2) is 60.1 Å². The number of nitrogens with one attached hydrogen (secondary N) is 1. The van der Waals surface area contributed by atoms with Gasteiger partial charge in [-0.15, -0.1) is 21.5 Å². The van der Waals surface area contributed by atoms with Gasteiger partial charge in [-0.1, -0.05) is 35.2 Å². The van der Waals surface area contributed by atoms with Crippen molar-refractivity contribution in [2.75, 3.05) is 54.2 Å². The van der Waals surface area contributed by atoms with Crippen molar-refractivity contribution in [2.45, 2.75) is 11.3 Å². The van der Waals surface area contributed by atoms with E-state index in [-0.39, 0.29) is 11.7 Å². The maximum Gasteiger partial charge on any atom is 0.236 e. The number of para-hydroxylation sites is 2. The van der Waals surface area contributed by atoms with Crippen LogP contribution in [0.1, 0.15) is 5.69 Å². The molecule has 0 atom stereocenters. The van der Waals surface area contributed by atoms with Gasteiger partial charge in [0, 0.05) is 31.6 Å². The standard InChI is InChI=1S/C19H22N6O2S3/c1-13-11-28-17(20-13)21-16(26)12-29-19-23-22-18(30-19)25-9-7-24(8-10-25)14-5-3-4-6-15(14)27-2/h3-6,11H,7-10,12H2,1-2H3,(H,20,21,26). The number of aromatic nitrogens is 3. The minimum Gasteiger partial charge on any atom is -0.495 e. The Kier molecular flexibility index (Phi) is 6.70. The lowest BCUT2D eigenvalue weighted by molar-refractivity contribution is -0.113. The lowest BCUT2D eigenvalue weighted by Crippen LogP contribution is -2.46. The molecule has 1 N–H and O–H groups in total. The normalized spacial score (nSPS) is 14.1. The molecule has 158 valence electrons. The Hall–Kier alpha value is -2.37. The predicted molar refractivity (Wildman–Crippen MR) is 124 cm³/mol. The highest BCUT2D eigenvalue weighted by atomic mass is 32.2. The molecule has 4 rings (SSSR count). The molecular formula is C19H22N6O2S3. The van der Waals surface area contributed by atoms with Crippen LogP contribution in [0.5, 0.6) is 5.75 Å². The number of benzene rings is 1. The van der Waals surface area contributed by atoms with Gasteiger partial charge in [-0.3, -0.25) is 4.79 Å². The van der Waals surface area contributed by atoms with E-state index in [0.717, 1.165) is 52.8 Å². The van der Waals surface area contributed by atoms with E-state index in [4.69, 9.17) is 4.74 Å². The first-order valence-electron chi connectivity index (χ1n) is 9.43. The van der Waals surface area contributed by atoms with E-state index in [1.807, 2.05) is 30.5 Å². The Morgan fingerprint density at radius 1 is 1.20 bits per heavy atom. The highest BCUT2D eigenvalue weighted by molar-refractivity contribution is 8.01. The van der Waals surface area contributed by atoms with Crippen molar-refractivity contribution in [1.82, 2.24) is 15.2 Å². The van der Waals surface area contributed by atoms with E-state index >= 15 is 0 Å². The van der Waals surface area contributed by atoms with Crippen LogP contribution in [0.3, 0.4) is 0 Å². The second-order valence-electron chi connectivity index (χ2n) is 6.63. The highest BCUT2D eigenvalue weighted by Crippen LogP contribution is 2.31. The number of thiazole rings is 1. The van der Waals surface area contributed by atoms with Crippen LogP contribution in [0, 0.1) is 6.92 Å². The van der Waals surface area contributed by atoms with Crippen LogP contribution in [0.15, 0.2) is 34.0 Å². The van der Waals surface area contributed by atoms with Crippen LogP contribution < -0.4 is 19.9 Å². The van der Waals surface area contributed by atoms with Crippen molar-refractivity contribution in [3.05, 3.63) is 35.3 Å². The molecule has 30 heavy (non-hydrogen) atoms. The number of thioether (sulfide) groups is 1. The minimum atomic E-state index is -0.0866. The summed E-state index contributed by atoms with van der Waals surface area (Å²) in [5.41, 5.74) is 2.03. The molecular weight excluding hydrogens is 440 g/mol. The van der Waals surface area contributed by atoms with E-state index in [1.165, 1.54) is 34.4 Å². The van der Waals surface area contributed by atoms with Gasteiger partial charge in [0.1, 0.15) is 5.75 Å². The second kappa shape index (κ2) is 9.63. The van der Waals surface area contributed by atoms with E-state index in [1.54, 1.807) is 7.11 Å². The quantitative estimate of drug-likeness (QED) is 0.535. The third-order valence-electron chi connectivity index (χ3n) is 4.56. The van der Waals surface area contributed by atoms with Gasteiger partial charge < -0.3 is 19.9 Å². The molecule has 3 aromatic rings. The van der Waals surface area contributed by atoms with Crippen LogP contribution in [0.4, 0.5) is 16.0 Å².